The average Bonchev–Trinajstić information content (AvgIpc) is 2.11. The summed E-state index contributed by atoms with van der Waals surface area (Å²) in [6.45, 7) is 12.8. The van der Waals surface area contributed by atoms with Crippen LogP contribution in [0.15, 0.2) is 0 Å². The minimum Gasteiger partial charge on any atom is -0.414 e. The molecule has 0 aliphatic rings. The number of rotatable bonds is 5. The van der Waals surface area contributed by atoms with E-state index in [1.807, 2.05) is 6.92 Å². The van der Waals surface area contributed by atoms with Crippen molar-refractivity contribution in [1.29, 1.82) is 0 Å². The molecule has 92 valence electrons. The van der Waals surface area contributed by atoms with Gasteiger partial charge in [-0.1, -0.05) is 27.7 Å². The van der Waals surface area contributed by atoms with Gasteiger partial charge in [0.15, 0.2) is 8.32 Å². The van der Waals surface area contributed by atoms with Crippen molar-refractivity contribution in [3.63, 3.8) is 0 Å². The van der Waals surface area contributed by atoms with E-state index in [-0.39, 0.29) is 11.6 Å². The molecule has 0 aromatic carbocycles. The highest BCUT2D eigenvalue weighted by Crippen LogP contribution is 2.36. The molecule has 0 fully saturated rings. The van der Waals surface area contributed by atoms with Gasteiger partial charge in [-0.15, -0.1) is 0 Å². The van der Waals surface area contributed by atoms with Gasteiger partial charge in [0.2, 0.25) is 0 Å². The molecule has 0 aromatic heterocycles. The lowest BCUT2D eigenvalue weighted by atomic mass is 10.2. The minimum absolute atomic E-state index is 0.143. The molecule has 15 heavy (non-hydrogen) atoms. The van der Waals surface area contributed by atoms with Crippen molar-refractivity contribution in [3.8, 4) is 0 Å². The highest BCUT2D eigenvalue weighted by molar-refractivity contribution is 6.74. The lowest BCUT2D eigenvalue weighted by Crippen LogP contribution is -2.44. The number of hydrogen-bond acceptors (Lipinski definition) is 3. The van der Waals surface area contributed by atoms with Crippen molar-refractivity contribution in [2.45, 2.75) is 64.5 Å². The first-order chi connectivity index (χ1) is 6.62. The van der Waals surface area contributed by atoms with Crippen LogP contribution in [0.5, 0.6) is 0 Å². The summed E-state index contributed by atoms with van der Waals surface area (Å²) < 4.78 is 5.81. The van der Waals surface area contributed by atoms with Gasteiger partial charge >= 0.3 is 0 Å². The zero-order valence-electron chi connectivity index (χ0n) is 10.9. The molecule has 0 spiro atoms. The van der Waals surface area contributed by atoms with Crippen LogP contribution in [-0.2, 0) is 4.43 Å². The zero-order chi connectivity index (χ0) is 12.3. The summed E-state index contributed by atoms with van der Waals surface area (Å²) in [7, 11) is -1.80. The van der Waals surface area contributed by atoms with Gasteiger partial charge in [0.25, 0.3) is 0 Å². The van der Waals surface area contributed by atoms with Crippen molar-refractivity contribution in [2.24, 2.45) is 0 Å². The molecule has 2 N–H and O–H groups in total. The quantitative estimate of drug-likeness (QED) is 0.717. The van der Waals surface area contributed by atoms with Gasteiger partial charge in [-0.3, -0.25) is 0 Å². The van der Waals surface area contributed by atoms with Crippen LogP contribution in [0.2, 0.25) is 18.1 Å². The summed E-state index contributed by atoms with van der Waals surface area (Å²) in [6, 6.07) is 0. The van der Waals surface area contributed by atoms with Crippen LogP contribution in [0.3, 0.4) is 0 Å². The fraction of sp³-hybridized carbons (Fsp3) is 1.00. The third kappa shape index (κ3) is 4.63. The van der Waals surface area contributed by atoms with E-state index < -0.39 is 20.5 Å². The Labute approximate surface area is 94.6 Å². The molecular weight excluding hydrogens is 208 g/mol. The largest absolute Gasteiger partial charge is 0.414 e. The Morgan fingerprint density at radius 1 is 1.13 bits per heavy atom. The lowest BCUT2D eigenvalue weighted by molar-refractivity contribution is -0.0120. The van der Waals surface area contributed by atoms with Crippen molar-refractivity contribution < 1.29 is 14.6 Å². The van der Waals surface area contributed by atoms with Crippen LogP contribution in [0.1, 0.15) is 34.1 Å². The summed E-state index contributed by atoms with van der Waals surface area (Å²) in [6.07, 6.45) is -0.874. The molecule has 4 heteroatoms. The van der Waals surface area contributed by atoms with Crippen LogP contribution < -0.4 is 0 Å². The van der Waals surface area contributed by atoms with Crippen molar-refractivity contribution in [1.82, 2.24) is 0 Å². The van der Waals surface area contributed by atoms with Gasteiger partial charge in [-0.25, -0.2) is 0 Å². The minimum atomic E-state index is -1.80. The second-order valence-corrected chi connectivity index (χ2v) is 10.4. The molecule has 0 saturated carbocycles. The molecule has 0 rings (SSSR count). The van der Waals surface area contributed by atoms with E-state index >= 15 is 0 Å². The van der Waals surface area contributed by atoms with Crippen LogP contribution in [-0.4, -0.2) is 37.3 Å². The van der Waals surface area contributed by atoms with E-state index in [1.165, 1.54) is 0 Å². The summed E-state index contributed by atoms with van der Waals surface area (Å²) >= 11 is 0. The Morgan fingerprint density at radius 3 is 1.93 bits per heavy atom. The van der Waals surface area contributed by atoms with E-state index in [9.17, 15) is 10.2 Å². The molecule has 0 amide bonds. The van der Waals surface area contributed by atoms with E-state index in [0.29, 0.717) is 6.42 Å². The number of aliphatic hydroxyl groups is 2. The fourth-order valence-corrected chi connectivity index (χ4v) is 1.91. The normalized spacial score (nSPS) is 17.6. The summed E-state index contributed by atoms with van der Waals surface area (Å²) in [5.41, 5.74) is 0. The third-order valence-electron chi connectivity index (χ3n) is 3.28. The summed E-state index contributed by atoms with van der Waals surface area (Å²) in [5.74, 6) is 0. The van der Waals surface area contributed by atoms with Crippen LogP contribution in [0.4, 0.5) is 0 Å². The Kier molecular flexibility index (Phi) is 5.47. The van der Waals surface area contributed by atoms with Gasteiger partial charge in [0.05, 0.1) is 12.7 Å². The molecule has 0 bridgehead atoms. The average molecular weight is 234 g/mol. The third-order valence-corrected chi connectivity index (χ3v) is 7.78. The molecule has 0 unspecified atom stereocenters. The molecular formula is C11H26O3Si. The molecule has 3 nitrogen and oxygen atoms in total. The first kappa shape index (κ1) is 15.1. The standard InChI is InChI=1S/C11H26O3Si/c1-7-9(12)10(13)8-14-15(5,6)11(2,3)4/h9-10,12-13H,7-8H2,1-6H3/t9-,10-/m0/s1. The molecule has 0 heterocycles. The van der Waals surface area contributed by atoms with Crippen molar-refractivity contribution >= 4 is 8.32 Å². The Balaban J connectivity index is 4.16. The monoisotopic (exact) mass is 234 g/mol. The van der Waals surface area contributed by atoms with Crippen LogP contribution in [0.25, 0.3) is 0 Å². The Morgan fingerprint density at radius 2 is 1.60 bits per heavy atom. The maximum atomic E-state index is 9.59. The van der Waals surface area contributed by atoms with Crippen molar-refractivity contribution in [2.75, 3.05) is 6.61 Å². The van der Waals surface area contributed by atoms with Gasteiger partial charge in [-0.05, 0) is 24.6 Å². The van der Waals surface area contributed by atoms with E-state index in [4.69, 9.17) is 4.43 Å². The van der Waals surface area contributed by atoms with Crippen molar-refractivity contribution in [3.05, 3.63) is 0 Å². The molecule has 0 saturated heterocycles. The predicted molar refractivity (Wildman–Crippen MR) is 65.5 cm³/mol. The highest BCUT2D eigenvalue weighted by atomic mass is 28.4. The maximum Gasteiger partial charge on any atom is 0.192 e. The second-order valence-electron chi connectivity index (χ2n) is 5.61. The molecule has 0 aliphatic heterocycles. The van der Waals surface area contributed by atoms with Gasteiger partial charge in [-0.2, -0.15) is 0 Å². The van der Waals surface area contributed by atoms with Crippen LogP contribution in [0, 0.1) is 0 Å². The van der Waals surface area contributed by atoms with E-state index in [1.54, 1.807) is 0 Å². The Bertz CT molecular complexity index is 187. The lowest BCUT2D eigenvalue weighted by Gasteiger charge is -2.37. The first-order valence-corrected chi connectivity index (χ1v) is 8.52. The van der Waals surface area contributed by atoms with Gasteiger partial charge in [0, 0.05) is 0 Å². The van der Waals surface area contributed by atoms with Crippen LogP contribution >= 0.6 is 0 Å². The van der Waals surface area contributed by atoms with E-state index in [2.05, 4.69) is 33.9 Å². The number of hydrogen-bond donors (Lipinski definition) is 2. The SMILES string of the molecule is CC[C@H](O)[C@@H](O)CO[Si](C)(C)C(C)(C)C. The second kappa shape index (κ2) is 5.43. The summed E-state index contributed by atoms with van der Waals surface area (Å²) in [5, 5.41) is 19.1. The predicted octanol–water partition coefficient (Wildman–Crippen LogP) is 2.14. The fourth-order valence-electron chi connectivity index (χ4n) is 0.893. The molecule has 0 aromatic rings. The number of aliphatic hydroxyl groups excluding tert-OH is 2. The highest BCUT2D eigenvalue weighted by Gasteiger charge is 2.37. The first-order valence-electron chi connectivity index (χ1n) is 5.62. The summed E-state index contributed by atoms with van der Waals surface area (Å²) in [4.78, 5) is 0. The maximum absolute atomic E-state index is 9.59. The van der Waals surface area contributed by atoms with E-state index in [0.717, 1.165) is 0 Å². The zero-order valence-corrected chi connectivity index (χ0v) is 11.9. The molecule has 2 atom stereocenters. The Hall–Kier alpha value is 0.0969. The molecule has 0 aliphatic carbocycles. The van der Waals surface area contributed by atoms with Gasteiger partial charge in [0.1, 0.15) is 6.10 Å². The van der Waals surface area contributed by atoms with Gasteiger partial charge < -0.3 is 14.6 Å². The topological polar surface area (TPSA) is 49.7 Å². The molecule has 0 radical (unpaired) electrons. The smallest absolute Gasteiger partial charge is 0.192 e.